The molecule has 0 bridgehead atoms. The van der Waals surface area contributed by atoms with Gasteiger partial charge in [-0.1, -0.05) is 19.1 Å². The van der Waals surface area contributed by atoms with Crippen LogP contribution in [0.5, 0.6) is 0 Å². The number of halogens is 1. The number of carbonyl (C=O) groups is 1. The highest BCUT2D eigenvalue weighted by molar-refractivity contribution is 9.10. The highest BCUT2D eigenvalue weighted by Crippen LogP contribution is 2.26. The van der Waals surface area contributed by atoms with Crippen LogP contribution in [0.1, 0.15) is 25.3 Å². The zero-order valence-corrected chi connectivity index (χ0v) is 12.4. The fraction of sp³-hybridized carbons (Fsp3) is 0.500. The number of hydrogen-bond acceptors (Lipinski definition) is 2. The normalized spacial score (nSPS) is 23.7. The van der Waals surface area contributed by atoms with Crippen molar-refractivity contribution >= 4 is 27.5 Å². The van der Waals surface area contributed by atoms with E-state index in [1.807, 2.05) is 25.1 Å². The van der Waals surface area contributed by atoms with E-state index in [9.17, 15) is 4.79 Å². The van der Waals surface area contributed by atoms with Crippen LogP contribution in [0.3, 0.4) is 0 Å². The van der Waals surface area contributed by atoms with Crippen molar-refractivity contribution in [1.29, 1.82) is 0 Å². The second-order valence-corrected chi connectivity index (χ2v) is 5.77. The largest absolute Gasteiger partial charge is 0.324 e. The SMILES string of the molecule is Cc1cccc(NC(=O)C2NCCCC2C)c1Br. The van der Waals surface area contributed by atoms with Gasteiger partial charge in [0.2, 0.25) is 5.91 Å². The predicted octanol–water partition coefficient (Wildman–Crippen LogP) is 3.08. The van der Waals surface area contributed by atoms with Gasteiger partial charge in [-0.3, -0.25) is 4.79 Å². The van der Waals surface area contributed by atoms with Gasteiger partial charge in [0.25, 0.3) is 0 Å². The van der Waals surface area contributed by atoms with Crippen molar-refractivity contribution in [3.05, 3.63) is 28.2 Å². The molecule has 3 nitrogen and oxygen atoms in total. The minimum atomic E-state index is -0.0776. The molecule has 2 unspecified atom stereocenters. The molecule has 1 aromatic carbocycles. The van der Waals surface area contributed by atoms with Crippen molar-refractivity contribution in [2.45, 2.75) is 32.7 Å². The average molecular weight is 311 g/mol. The van der Waals surface area contributed by atoms with Crippen LogP contribution in [0, 0.1) is 12.8 Å². The van der Waals surface area contributed by atoms with Crippen LogP contribution in [-0.4, -0.2) is 18.5 Å². The minimum absolute atomic E-state index is 0.0634. The summed E-state index contributed by atoms with van der Waals surface area (Å²) in [4.78, 5) is 12.2. The lowest BCUT2D eigenvalue weighted by molar-refractivity contribution is -0.119. The van der Waals surface area contributed by atoms with Crippen LogP contribution in [0.15, 0.2) is 22.7 Å². The first kappa shape index (κ1) is 13.6. The molecule has 1 heterocycles. The van der Waals surface area contributed by atoms with Gasteiger partial charge in [0.15, 0.2) is 0 Å². The summed E-state index contributed by atoms with van der Waals surface area (Å²) in [5.74, 6) is 0.454. The number of hydrogen-bond donors (Lipinski definition) is 2. The quantitative estimate of drug-likeness (QED) is 0.881. The van der Waals surface area contributed by atoms with Gasteiger partial charge in [-0.25, -0.2) is 0 Å². The predicted molar refractivity (Wildman–Crippen MR) is 77.7 cm³/mol. The first-order valence-electron chi connectivity index (χ1n) is 6.39. The number of amides is 1. The summed E-state index contributed by atoms with van der Waals surface area (Å²) in [5.41, 5.74) is 1.97. The second-order valence-electron chi connectivity index (χ2n) is 4.98. The molecular formula is C14H19BrN2O. The molecule has 0 saturated carbocycles. The maximum absolute atomic E-state index is 12.2. The average Bonchev–Trinajstić information content (AvgIpc) is 2.35. The van der Waals surface area contributed by atoms with Crippen LogP contribution in [-0.2, 0) is 4.79 Å². The van der Waals surface area contributed by atoms with E-state index in [-0.39, 0.29) is 11.9 Å². The lowest BCUT2D eigenvalue weighted by Gasteiger charge is -2.29. The van der Waals surface area contributed by atoms with Crippen molar-refractivity contribution < 1.29 is 4.79 Å². The Bertz CT molecular complexity index is 447. The van der Waals surface area contributed by atoms with Crippen molar-refractivity contribution in [3.63, 3.8) is 0 Å². The standard InChI is InChI=1S/C14H19BrN2O/c1-9-5-3-7-11(12(9)15)17-14(18)13-10(2)6-4-8-16-13/h3,5,7,10,13,16H,4,6,8H2,1-2H3,(H,17,18). The maximum Gasteiger partial charge on any atom is 0.241 e. The van der Waals surface area contributed by atoms with E-state index < -0.39 is 0 Å². The van der Waals surface area contributed by atoms with Crippen molar-refractivity contribution in [2.24, 2.45) is 5.92 Å². The lowest BCUT2D eigenvalue weighted by atomic mass is 9.92. The Morgan fingerprint density at radius 1 is 1.50 bits per heavy atom. The van der Waals surface area contributed by atoms with Gasteiger partial charge in [0.05, 0.1) is 11.7 Å². The minimum Gasteiger partial charge on any atom is -0.324 e. The third kappa shape index (κ3) is 2.93. The maximum atomic E-state index is 12.2. The van der Waals surface area contributed by atoms with Gasteiger partial charge in [-0.15, -0.1) is 0 Å². The molecule has 18 heavy (non-hydrogen) atoms. The van der Waals surface area contributed by atoms with E-state index in [4.69, 9.17) is 0 Å². The first-order chi connectivity index (χ1) is 8.59. The van der Waals surface area contributed by atoms with E-state index in [1.165, 1.54) is 0 Å². The van der Waals surface area contributed by atoms with E-state index in [0.717, 1.165) is 35.1 Å². The number of piperidine rings is 1. The molecule has 1 fully saturated rings. The van der Waals surface area contributed by atoms with Gasteiger partial charge >= 0.3 is 0 Å². The lowest BCUT2D eigenvalue weighted by Crippen LogP contribution is -2.48. The smallest absolute Gasteiger partial charge is 0.241 e. The Kier molecular flexibility index (Phi) is 4.40. The molecule has 1 saturated heterocycles. The topological polar surface area (TPSA) is 41.1 Å². The van der Waals surface area contributed by atoms with E-state index >= 15 is 0 Å². The fourth-order valence-corrected chi connectivity index (χ4v) is 2.72. The van der Waals surface area contributed by atoms with Crippen molar-refractivity contribution in [1.82, 2.24) is 5.32 Å². The molecule has 2 N–H and O–H groups in total. The third-order valence-electron chi connectivity index (χ3n) is 3.50. The number of benzene rings is 1. The summed E-state index contributed by atoms with van der Waals surface area (Å²) in [7, 11) is 0. The molecule has 0 aliphatic carbocycles. The summed E-state index contributed by atoms with van der Waals surface area (Å²) in [6.07, 6.45) is 2.26. The van der Waals surface area contributed by atoms with Gasteiger partial charge in [0.1, 0.15) is 0 Å². The molecule has 2 atom stereocenters. The van der Waals surface area contributed by atoms with Gasteiger partial charge in [0, 0.05) is 4.47 Å². The molecule has 1 aromatic rings. The Labute approximate surface area is 116 Å². The van der Waals surface area contributed by atoms with Crippen LogP contribution in [0.2, 0.25) is 0 Å². The van der Waals surface area contributed by atoms with Gasteiger partial charge < -0.3 is 10.6 Å². The van der Waals surface area contributed by atoms with Crippen molar-refractivity contribution in [2.75, 3.05) is 11.9 Å². The number of nitrogens with one attached hydrogen (secondary N) is 2. The van der Waals surface area contributed by atoms with E-state index in [0.29, 0.717) is 5.92 Å². The second kappa shape index (κ2) is 5.85. The number of rotatable bonds is 2. The molecule has 2 rings (SSSR count). The molecule has 0 aromatic heterocycles. The Hall–Kier alpha value is -0.870. The zero-order valence-electron chi connectivity index (χ0n) is 10.8. The fourth-order valence-electron chi connectivity index (χ4n) is 2.36. The van der Waals surface area contributed by atoms with Crippen molar-refractivity contribution in [3.8, 4) is 0 Å². The number of anilines is 1. The first-order valence-corrected chi connectivity index (χ1v) is 7.18. The highest BCUT2D eigenvalue weighted by atomic mass is 79.9. The Morgan fingerprint density at radius 2 is 2.28 bits per heavy atom. The van der Waals surface area contributed by atoms with Crippen LogP contribution in [0.25, 0.3) is 0 Å². The molecule has 1 amide bonds. The number of aryl methyl sites for hydroxylation is 1. The van der Waals surface area contributed by atoms with Crippen LogP contribution >= 0.6 is 15.9 Å². The molecular weight excluding hydrogens is 292 g/mol. The van der Waals surface area contributed by atoms with Crippen LogP contribution < -0.4 is 10.6 Å². The van der Waals surface area contributed by atoms with E-state index in [1.54, 1.807) is 0 Å². The molecule has 1 aliphatic heterocycles. The summed E-state index contributed by atoms with van der Waals surface area (Å²) in [6, 6.07) is 5.81. The van der Waals surface area contributed by atoms with Gasteiger partial charge in [-0.05, 0) is 59.8 Å². The summed E-state index contributed by atoms with van der Waals surface area (Å²) in [5, 5.41) is 6.30. The summed E-state index contributed by atoms with van der Waals surface area (Å²) < 4.78 is 0.960. The number of carbonyl (C=O) groups excluding carboxylic acids is 1. The zero-order chi connectivity index (χ0) is 13.1. The Morgan fingerprint density at radius 3 is 3.00 bits per heavy atom. The summed E-state index contributed by atoms with van der Waals surface area (Å²) >= 11 is 3.51. The summed E-state index contributed by atoms with van der Waals surface area (Å²) in [6.45, 7) is 5.07. The monoisotopic (exact) mass is 310 g/mol. The van der Waals surface area contributed by atoms with E-state index in [2.05, 4.69) is 33.5 Å². The molecule has 4 heteroatoms. The third-order valence-corrected chi connectivity index (χ3v) is 4.55. The highest BCUT2D eigenvalue weighted by Gasteiger charge is 2.27. The van der Waals surface area contributed by atoms with Gasteiger partial charge in [-0.2, -0.15) is 0 Å². The molecule has 0 radical (unpaired) electrons. The molecule has 0 spiro atoms. The molecule has 1 aliphatic rings. The molecule has 98 valence electrons. The Balaban J connectivity index is 2.09. The van der Waals surface area contributed by atoms with Crippen LogP contribution in [0.4, 0.5) is 5.69 Å².